The van der Waals surface area contributed by atoms with Crippen molar-refractivity contribution in [3.8, 4) is 0 Å². The second-order valence-corrected chi connectivity index (χ2v) is 7.75. The van der Waals surface area contributed by atoms with Crippen molar-refractivity contribution in [1.82, 2.24) is 5.32 Å². The summed E-state index contributed by atoms with van der Waals surface area (Å²) < 4.78 is 1.28. The molecule has 2 heterocycles. The number of fused-ring (bicyclic) bond motifs is 2. The van der Waals surface area contributed by atoms with Crippen molar-refractivity contribution < 1.29 is 0 Å². The minimum absolute atomic E-state index is 0. The molecule has 1 nitrogen and oxygen atoms in total. The van der Waals surface area contributed by atoms with Crippen LogP contribution in [0.2, 0.25) is 0 Å². The van der Waals surface area contributed by atoms with E-state index in [2.05, 4.69) is 66.8 Å². The van der Waals surface area contributed by atoms with E-state index in [1.54, 1.807) is 0 Å². The van der Waals surface area contributed by atoms with Gasteiger partial charge in [0.25, 0.3) is 0 Å². The molecule has 3 atom stereocenters. The second-order valence-electron chi connectivity index (χ2n) is 6.90. The molecule has 0 aromatic heterocycles. The molecule has 1 fully saturated rings. The van der Waals surface area contributed by atoms with Crippen LogP contribution in [0.4, 0.5) is 0 Å². The largest absolute Gasteiger partial charge is 0.306 e. The Labute approximate surface area is 136 Å². The van der Waals surface area contributed by atoms with E-state index in [9.17, 15) is 0 Å². The molecule has 1 aromatic rings. The number of hydrogen-bond donors (Lipinski definition) is 1. The van der Waals surface area contributed by atoms with Crippen molar-refractivity contribution in [2.24, 2.45) is 5.41 Å². The van der Waals surface area contributed by atoms with E-state index in [1.807, 2.05) is 0 Å². The first kappa shape index (κ1) is 16.1. The Hall–Kier alpha value is -0.310. The van der Waals surface area contributed by atoms with Gasteiger partial charge in [0.05, 0.1) is 0 Å². The van der Waals surface area contributed by atoms with Crippen molar-refractivity contribution in [3.63, 3.8) is 0 Å². The summed E-state index contributed by atoms with van der Waals surface area (Å²) in [7, 11) is 0. The smallest absolute Gasteiger partial charge is 0.0331 e. The fraction of sp³-hybridized carbons (Fsp3) is 0.529. The molecule has 3 heteroatoms. The molecule has 0 saturated carbocycles. The standard InChI is InChI=1S/C17H22BrN.ClH/c1-10(2)8-13-16-15-11(6-5-7-12(15)18)14(19-13)9-17(16,3)4;/h5-7,13-14,16,19H,1,8-9H2,2-4H3;1H. The molecular weight excluding hydrogens is 334 g/mol. The predicted octanol–water partition coefficient (Wildman–Crippen LogP) is 5.36. The molecule has 2 bridgehead atoms. The highest BCUT2D eigenvalue weighted by Gasteiger charge is 2.49. The minimum Gasteiger partial charge on any atom is -0.306 e. The minimum atomic E-state index is 0. The molecule has 1 N–H and O–H groups in total. The predicted molar refractivity (Wildman–Crippen MR) is 91.6 cm³/mol. The first-order valence-electron chi connectivity index (χ1n) is 7.09. The fourth-order valence-corrected chi connectivity index (χ4v) is 4.77. The van der Waals surface area contributed by atoms with Gasteiger partial charge in [-0.15, -0.1) is 19.0 Å². The molecule has 0 amide bonds. The SMILES string of the molecule is C=C(C)CC1NC2CC(C)(C)C1c1c(Br)cccc12.Cl. The number of benzene rings is 1. The topological polar surface area (TPSA) is 12.0 Å². The van der Waals surface area contributed by atoms with E-state index in [1.165, 1.54) is 27.6 Å². The van der Waals surface area contributed by atoms with Crippen LogP contribution in [0.1, 0.15) is 56.7 Å². The zero-order valence-corrected chi connectivity index (χ0v) is 14.8. The number of nitrogens with one attached hydrogen (secondary N) is 1. The lowest BCUT2D eigenvalue weighted by Crippen LogP contribution is -2.54. The van der Waals surface area contributed by atoms with Gasteiger partial charge in [0.2, 0.25) is 0 Å². The fourth-order valence-electron chi connectivity index (χ4n) is 4.14. The highest BCUT2D eigenvalue weighted by molar-refractivity contribution is 9.10. The number of hydrogen-bond acceptors (Lipinski definition) is 1. The van der Waals surface area contributed by atoms with Gasteiger partial charge in [-0.25, -0.2) is 0 Å². The van der Waals surface area contributed by atoms with Gasteiger partial charge in [-0.3, -0.25) is 0 Å². The first-order chi connectivity index (χ1) is 8.90. The third-order valence-electron chi connectivity index (χ3n) is 4.73. The van der Waals surface area contributed by atoms with Crippen LogP contribution in [0, 0.1) is 5.41 Å². The van der Waals surface area contributed by atoms with Gasteiger partial charge >= 0.3 is 0 Å². The van der Waals surface area contributed by atoms with E-state index in [-0.39, 0.29) is 12.4 Å². The number of piperidine rings is 1. The maximum atomic E-state index is 4.11. The zero-order chi connectivity index (χ0) is 13.8. The molecule has 3 unspecified atom stereocenters. The molecule has 0 spiro atoms. The Balaban J connectivity index is 0.00000147. The summed E-state index contributed by atoms with van der Waals surface area (Å²) in [6.45, 7) is 11.1. The summed E-state index contributed by atoms with van der Waals surface area (Å²) in [5.74, 6) is 0.569. The Kier molecular flexibility index (Phi) is 4.40. The maximum Gasteiger partial charge on any atom is 0.0331 e. The van der Waals surface area contributed by atoms with Crippen LogP contribution in [0.15, 0.2) is 34.8 Å². The van der Waals surface area contributed by atoms with Crippen LogP contribution in [-0.2, 0) is 0 Å². The van der Waals surface area contributed by atoms with Gasteiger partial charge < -0.3 is 5.32 Å². The molecule has 110 valence electrons. The van der Waals surface area contributed by atoms with E-state index < -0.39 is 0 Å². The van der Waals surface area contributed by atoms with Crippen LogP contribution in [0.3, 0.4) is 0 Å². The molecule has 1 saturated heterocycles. The van der Waals surface area contributed by atoms with E-state index in [4.69, 9.17) is 0 Å². The van der Waals surface area contributed by atoms with Crippen LogP contribution in [0.5, 0.6) is 0 Å². The van der Waals surface area contributed by atoms with Crippen LogP contribution in [-0.4, -0.2) is 6.04 Å². The summed E-state index contributed by atoms with van der Waals surface area (Å²) >= 11 is 3.78. The van der Waals surface area contributed by atoms with E-state index >= 15 is 0 Å². The summed E-state index contributed by atoms with van der Waals surface area (Å²) in [4.78, 5) is 0. The molecular formula is C17H23BrClN. The summed E-state index contributed by atoms with van der Waals surface area (Å²) in [6, 6.07) is 7.66. The average Bonchev–Trinajstić information content (AvgIpc) is 2.27. The van der Waals surface area contributed by atoms with Gasteiger partial charge in [-0.1, -0.05) is 47.5 Å². The molecule has 2 aliphatic heterocycles. The van der Waals surface area contributed by atoms with Crippen molar-refractivity contribution in [3.05, 3.63) is 46.0 Å². The molecule has 20 heavy (non-hydrogen) atoms. The van der Waals surface area contributed by atoms with Gasteiger partial charge in [-0.2, -0.15) is 0 Å². The van der Waals surface area contributed by atoms with Gasteiger partial charge in [0.1, 0.15) is 0 Å². The van der Waals surface area contributed by atoms with Gasteiger partial charge in [-0.05, 0) is 42.4 Å². The normalized spacial score (nSPS) is 29.5. The monoisotopic (exact) mass is 355 g/mol. The van der Waals surface area contributed by atoms with Crippen molar-refractivity contribution >= 4 is 28.3 Å². The summed E-state index contributed by atoms with van der Waals surface area (Å²) in [6.07, 6.45) is 2.30. The van der Waals surface area contributed by atoms with Crippen LogP contribution >= 0.6 is 28.3 Å². The van der Waals surface area contributed by atoms with Crippen molar-refractivity contribution in [2.45, 2.75) is 51.6 Å². The Bertz CT molecular complexity index is 538. The Morgan fingerprint density at radius 2 is 2.15 bits per heavy atom. The Morgan fingerprint density at radius 3 is 2.80 bits per heavy atom. The zero-order valence-electron chi connectivity index (χ0n) is 12.4. The van der Waals surface area contributed by atoms with E-state index in [0.29, 0.717) is 23.4 Å². The van der Waals surface area contributed by atoms with E-state index in [0.717, 1.165) is 6.42 Å². The lowest BCUT2D eigenvalue weighted by Gasteiger charge is -2.54. The van der Waals surface area contributed by atoms with Crippen LogP contribution < -0.4 is 5.32 Å². The molecule has 3 aliphatic rings. The quantitative estimate of drug-likeness (QED) is 0.703. The average molecular weight is 357 g/mol. The molecule has 0 radical (unpaired) electrons. The van der Waals surface area contributed by atoms with Gasteiger partial charge in [0.15, 0.2) is 0 Å². The van der Waals surface area contributed by atoms with Crippen molar-refractivity contribution in [1.29, 1.82) is 0 Å². The second kappa shape index (κ2) is 5.47. The maximum absolute atomic E-state index is 4.11. The lowest BCUT2D eigenvalue weighted by atomic mass is 9.58. The lowest BCUT2D eigenvalue weighted by molar-refractivity contribution is 0.103. The van der Waals surface area contributed by atoms with Crippen LogP contribution in [0.25, 0.3) is 0 Å². The third-order valence-corrected chi connectivity index (χ3v) is 5.42. The molecule has 1 aliphatic carbocycles. The highest BCUT2D eigenvalue weighted by atomic mass is 79.9. The van der Waals surface area contributed by atoms with Crippen molar-refractivity contribution in [2.75, 3.05) is 0 Å². The molecule has 1 aromatic carbocycles. The van der Waals surface area contributed by atoms with Gasteiger partial charge in [0, 0.05) is 22.5 Å². The summed E-state index contributed by atoms with van der Waals surface area (Å²) in [5, 5.41) is 3.84. The highest BCUT2D eigenvalue weighted by Crippen LogP contribution is 2.57. The first-order valence-corrected chi connectivity index (χ1v) is 7.88. The third kappa shape index (κ3) is 2.47. The Morgan fingerprint density at radius 1 is 1.45 bits per heavy atom. The summed E-state index contributed by atoms with van der Waals surface area (Å²) in [5.41, 5.74) is 4.66. The molecule has 4 rings (SSSR count). The number of rotatable bonds is 2. The number of halogens is 2.